The van der Waals surface area contributed by atoms with Crippen molar-refractivity contribution in [3.63, 3.8) is 0 Å². The third kappa shape index (κ3) is 9.31. The number of rotatable bonds is 10. The standard InChI is InChI=1S/C21H41N3O2.HI/c1-3-7-18(12-15-25)16-23-21(22-4-2)24-13-10-20(11-14-24)26-17-19-8-5-6-9-19;/h18-20,25H,3-17H2,1-2H3,(H,22,23);1H. The van der Waals surface area contributed by atoms with Crippen LogP contribution in [0.2, 0.25) is 0 Å². The SMILES string of the molecule is CCCC(CCO)CN=C(NCC)N1CCC(OCC2CCCC2)CC1.I. The van der Waals surface area contributed by atoms with Gasteiger partial charge in [-0.1, -0.05) is 26.2 Å². The van der Waals surface area contributed by atoms with E-state index in [1.54, 1.807) is 0 Å². The second kappa shape index (κ2) is 14.9. The van der Waals surface area contributed by atoms with Gasteiger partial charge < -0.3 is 20.1 Å². The predicted molar refractivity (Wildman–Crippen MR) is 124 cm³/mol. The molecule has 1 aliphatic heterocycles. The molecule has 2 rings (SSSR count). The number of guanidine groups is 1. The van der Waals surface area contributed by atoms with Gasteiger partial charge in [0.1, 0.15) is 0 Å². The van der Waals surface area contributed by atoms with Crippen LogP contribution in [0.15, 0.2) is 4.99 Å². The zero-order valence-electron chi connectivity index (χ0n) is 17.5. The van der Waals surface area contributed by atoms with Crippen molar-refractivity contribution in [2.45, 2.75) is 77.7 Å². The highest BCUT2D eigenvalue weighted by Crippen LogP contribution is 2.26. The molecule has 160 valence electrons. The minimum atomic E-state index is 0. The van der Waals surface area contributed by atoms with Crippen molar-refractivity contribution in [1.82, 2.24) is 10.2 Å². The van der Waals surface area contributed by atoms with Crippen LogP contribution in [-0.2, 0) is 4.74 Å². The Hall–Kier alpha value is -0.0800. The van der Waals surface area contributed by atoms with Crippen molar-refractivity contribution in [1.29, 1.82) is 0 Å². The number of ether oxygens (including phenoxy) is 1. The van der Waals surface area contributed by atoms with Gasteiger partial charge in [0, 0.05) is 39.4 Å². The van der Waals surface area contributed by atoms with E-state index >= 15 is 0 Å². The topological polar surface area (TPSA) is 57.1 Å². The maximum Gasteiger partial charge on any atom is 0.193 e. The van der Waals surface area contributed by atoms with Gasteiger partial charge in [-0.2, -0.15) is 0 Å². The number of halogens is 1. The van der Waals surface area contributed by atoms with Gasteiger partial charge in [0.15, 0.2) is 5.96 Å². The van der Waals surface area contributed by atoms with Gasteiger partial charge in [-0.3, -0.25) is 4.99 Å². The molecule has 1 heterocycles. The van der Waals surface area contributed by atoms with Crippen LogP contribution in [0.5, 0.6) is 0 Å². The summed E-state index contributed by atoms with van der Waals surface area (Å²) in [7, 11) is 0. The molecule has 0 radical (unpaired) electrons. The molecule has 0 aromatic rings. The third-order valence-corrected chi connectivity index (χ3v) is 5.85. The molecule has 0 amide bonds. The Morgan fingerprint density at radius 1 is 1.15 bits per heavy atom. The molecule has 27 heavy (non-hydrogen) atoms. The first-order valence-electron chi connectivity index (χ1n) is 11.0. The lowest BCUT2D eigenvalue weighted by Crippen LogP contribution is -2.47. The molecule has 5 nitrogen and oxygen atoms in total. The highest BCUT2D eigenvalue weighted by molar-refractivity contribution is 14.0. The zero-order chi connectivity index (χ0) is 18.6. The number of piperidine rings is 1. The van der Waals surface area contributed by atoms with E-state index in [1.165, 1.54) is 25.7 Å². The normalized spacial score (nSPS) is 20.6. The molecule has 1 unspecified atom stereocenters. The molecule has 1 saturated carbocycles. The van der Waals surface area contributed by atoms with Gasteiger partial charge in [-0.05, 0) is 57.3 Å². The number of aliphatic imine (C=N–C) groups is 1. The van der Waals surface area contributed by atoms with Gasteiger partial charge >= 0.3 is 0 Å². The Labute approximate surface area is 183 Å². The molecule has 0 aromatic heterocycles. The number of hydrogen-bond acceptors (Lipinski definition) is 3. The van der Waals surface area contributed by atoms with Crippen LogP contribution in [-0.4, -0.2) is 61.5 Å². The fourth-order valence-corrected chi connectivity index (χ4v) is 4.24. The van der Waals surface area contributed by atoms with Gasteiger partial charge in [0.2, 0.25) is 0 Å². The number of nitrogens with one attached hydrogen (secondary N) is 1. The minimum absolute atomic E-state index is 0. The van der Waals surface area contributed by atoms with Crippen LogP contribution in [0.1, 0.15) is 71.6 Å². The van der Waals surface area contributed by atoms with Crippen molar-refractivity contribution in [2.24, 2.45) is 16.8 Å². The molecule has 0 bridgehead atoms. The summed E-state index contributed by atoms with van der Waals surface area (Å²) < 4.78 is 6.20. The Morgan fingerprint density at radius 3 is 2.44 bits per heavy atom. The Balaban J connectivity index is 0.00000364. The highest BCUT2D eigenvalue weighted by Gasteiger charge is 2.24. The molecule has 1 saturated heterocycles. The van der Waals surface area contributed by atoms with E-state index in [9.17, 15) is 5.11 Å². The molecule has 6 heteroatoms. The first kappa shape index (κ1) is 25.0. The van der Waals surface area contributed by atoms with Gasteiger partial charge in [-0.25, -0.2) is 0 Å². The lowest BCUT2D eigenvalue weighted by Gasteiger charge is -2.34. The van der Waals surface area contributed by atoms with E-state index in [4.69, 9.17) is 9.73 Å². The molecule has 1 atom stereocenters. The summed E-state index contributed by atoms with van der Waals surface area (Å²) in [6.07, 6.45) is 11.3. The lowest BCUT2D eigenvalue weighted by molar-refractivity contribution is 0.00100. The summed E-state index contributed by atoms with van der Waals surface area (Å²) in [5, 5.41) is 12.7. The summed E-state index contributed by atoms with van der Waals surface area (Å²) in [6.45, 7) is 9.34. The summed E-state index contributed by atoms with van der Waals surface area (Å²) in [5.74, 6) is 2.35. The number of aliphatic hydroxyl groups excluding tert-OH is 1. The first-order valence-corrected chi connectivity index (χ1v) is 11.0. The summed E-state index contributed by atoms with van der Waals surface area (Å²) in [4.78, 5) is 7.28. The first-order chi connectivity index (χ1) is 12.8. The van der Waals surface area contributed by atoms with Crippen LogP contribution in [0.25, 0.3) is 0 Å². The van der Waals surface area contributed by atoms with E-state index in [0.29, 0.717) is 12.0 Å². The van der Waals surface area contributed by atoms with Gasteiger partial charge in [-0.15, -0.1) is 24.0 Å². The second-order valence-corrected chi connectivity index (χ2v) is 8.03. The second-order valence-electron chi connectivity index (χ2n) is 8.03. The van der Waals surface area contributed by atoms with E-state index < -0.39 is 0 Å². The van der Waals surface area contributed by atoms with E-state index in [2.05, 4.69) is 24.1 Å². The predicted octanol–water partition coefficient (Wildman–Crippen LogP) is 4.04. The van der Waals surface area contributed by atoms with Gasteiger partial charge in [0.05, 0.1) is 6.10 Å². The molecule has 2 fully saturated rings. The molecular weight excluding hydrogens is 453 g/mol. The average Bonchev–Trinajstić information content (AvgIpc) is 3.18. The van der Waals surface area contributed by atoms with Crippen molar-refractivity contribution in [2.75, 3.05) is 39.4 Å². The average molecular weight is 495 g/mol. The maximum absolute atomic E-state index is 9.25. The third-order valence-electron chi connectivity index (χ3n) is 5.85. The molecule has 2 aliphatic rings. The van der Waals surface area contributed by atoms with Crippen LogP contribution < -0.4 is 5.32 Å². The fourth-order valence-electron chi connectivity index (χ4n) is 4.24. The molecule has 2 N–H and O–H groups in total. The number of aliphatic hydroxyl groups is 1. The van der Waals surface area contributed by atoms with E-state index in [0.717, 1.165) is 76.8 Å². The number of hydrogen-bond donors (Lipinski definition) is 2. The summed E-state index contributed by atoms with van der Waals surface area (Å²) >= 11 is 0. The van der Waals surface area contributed by atoms with Gasteiger partial charge in [0.25, 0.3) is 0 Å². The van der Waals surface area contributed by atoms with Crippen LogP contribution in [0.3, 0.4) is 0 Å². The van der Waals surface area contributed by atoms with E-state index in [-0.39, 0.29) is 30.6 Å². The fraction of sp³-hybridized carbons (Fsp3) is 0.952. The zero-order valence-corrected chi connectivity index (χ0v) is 19.8. The van der Waals surface area contributed by atoms with Crippen molar-refractivity contribution < 1.29 is 9.84 Å². The van der Waals surface area contributed by atoms with E-state index in [1.807, 2.05) is 0 Å². The van der Waals surface area contributed by atoms with Crippen molar-refractivity contribution in [3.8, 4) is 0 Å². The van der Waals surface area contributed by atoms with Crippen LogP contribution in [0.4, 0.5) is 0 Å². The molecule has 0 aromatic carbocycles. The monoisotopic (exact) mass is 495 g/mol. The molecular formula is C21H42IN3O2. The number of likely N-dealkylation sites (tertiary alicyclic amines) is 1. The maximum atomic E-state index is 9.25. The lowest BCUT2D eigenvalue weighted by atomic mass is 10.0. The number of nitrogens with zero attached hydrogens (tertiary/aromatic N) is 2. The summed E-state index contributed by atoms with van der Waals surface area (Å²) in [5.41, 5.74) is 0. The van der Waals surface area contributed by atoms with Crippen molar-refractivity contribution in [3.05, 3.63) is 0 Å². The molecule has 0 spiro atoms. The van der Waals surface area contributed by atoms with Crippen LogP contribution in [0, 0.1) is 11.8 Å². The summed E-state index contributed by atoms with van der Waals surface area (Å²) in [6, 6.07) is 0. The smallest absolute Gasteiger partial charge is 0.193 e. The molecule has 1 aliphatic carbocycles. The Kier molecular flexibility index (Phi) is 13.7. The highest BCUT2D eigenvalue weighted by atomic mass is 127. The largest absolute Gasteiger partial charge is 0.396 e. The Morgan fingerprint density at radius 2 is 1.85 bits per heavy atom. The van der Waals surface area contributed by atoms with Crippen LogP contribution >= 0.6 is 24.0 Å². The van der Waals surface area contributed by atoms with Crippen molar-refractivity contribution >= 4 is 29.9 Å². The minimum Gasteiger partial charge on any atom is -0.396 e. The quantitative estimate of drug-likeness (QED) is 0.273. The Bertz CT molecular complexity index is 389.